The second-order valence-electron chi connectivity index (χ2n) is 7.59. The van der Waals surface area contributed by atoms with Gasteiger partial charge in [-0.3, -0.25) is 19.3 Å². The quantitative estimate of drug-likeness (QED) is 0.415. The molecule has 0 spiro atoms. The molecule has 0 bridgehead atoms. The Kier molecular flexibility index (Phi) is 7.35. The van der Waals surface area contributed by atoms with Crippen LogP contribution in [0.4, 0.5) is 10.5 Å². The van der Waals surface area contributed by atoms with Crippen molar-refractivity contribution in [1.82, 2.24) is 4.90 Å². The molecule has 8 heteroatoms. The second-order valence-corrected chi connectivity index (χ2v) is 9.02. The molecule has 1 fully saturated rings. The van der Waals surface area contributed by atoms with Crippen LogP contribution in [0.15, 0.2) is 77.7 Å². The Hall–Kier alpha value is -3.55. The fourth-order valence-corrected chi connectivity index (χ4v) is 4.31. The van der Waals surface area contributed by atoms with Crippen LogP contribution in [-0.2, 0) is 16.2 Å². The Bertz CT molecular complexity index is 1280. The maximum Gasteiger partial charge on any atom is 0.294 e. The number of benzene rings is 3. The molecule has 0 unspecified atom stereocenters. The third kappa shape index (κ3) is 5.68. The highest BCUT2D eigenvalue weighted by Gasteiger charge is 2.36. The van der Waals surface area contributed by atoms with Crippen LogP contribution in [-0.4, -0.2) is 28.5 Å². The van der Waals surface area contributed by atoms with E-state index in [9.17, 15) is 14.4 Å². The minimum absolute atomic E-state index is 0.229. The van der Waals surface area contributed by atoms with Gasteiger partial charge in [-0.15, -0.1) is 0 Å². The first-order valence-corrected chi connectivity index (χ1v) is 11.7. The van der Waals surface area contributed by atoms with Crippen molar-refractivity contribution >= 4 is 52.2 Å². The van der Waals surface area contributed by atoms with Crippen molar-refractivity contribution in [3.63, 3.8) is 0 Å². The molecule has 0 atom stereocenters. The van der Waals surface area contributed by atoms with E-state index in [1.165, 1.54) is 0 Å². The zero-order valence-corrected chi connectivity index (χ0v) is 19.9. The van der Waals surface area contributed by atoms with Crippen molar-refractivity contribution in [3.8, 4) is 5.75 Å². The lowest BCUT2D eigenvalue weighted by Crippen LogP contribution is -2.36. The van der Waals surface area contributed by atoms with E-state index in [0.717, 1.165) is 27.8 Å². The minimum atomic E-state index is -0.522. The molecular weight excluding hydrogens is 472 g/mol. The van der Waals surface area contributed by atoms with E-state index in [0.29, 0.717) is 28.6 Å². The molecule has 1 heterocycles. The zero-order chi connectivity index (χ0) is 24.1. The number of carbonyl (C=O) groups excluding carboxylic acids is 3. The highest BCUT2D eigenvalue weighted by Crippen LogP contribution is 2.34. The van der Waals surface area contributed by atoms with Crippen molar-refractivity contribution < 1.29 is 19.1 Å². The van der Waals surface area contributed by atoms with E-state index >= 15 is 0 Å². The summed E-state index contributed by atoms with van der Waals surface area (Å²) in [4.78, 5) is 39.1. The highest BCUT2D eigenvalue weighted by molar-refractivity contribution is 8.18. The normalized spacial score (nSPS) is 14.5. The number of anilines is 1. The number of ether oxygens (including phenoxy) is 1. The fraction of sp³-hybridized carbons (Fsp3) is 0.115. The molecule has 1 aliphatic heterocycles. The van der Waals surface area contributed by atoms with Gasteiger partial charge in [-0.25, -0.2) is 0 Å². The van der Waals surface area contributed by atoms with Crippen LogP contribution in [0.25, 0.3) is 6.08 Å². The molecule has 0 aliphatic carbocycles. The summed E-state index contributed by atoms with van der Waals surface area (Å²) in [5, 5.41) is 2.68. The summed E-state index contributed by atoms with van der Waals surface area (Å²) in [6, 6.07) is 22.1. The van der Waals surface area contributed by atoms with Gasteiger partial charge in [0.1, 0.15) is 18.9 Å². The van der Waals surface area contributed by atoms with Crippen LogP contribution in [0.2, 0.25) is 5.02 Å². The van der Waals surface area contributed by atoms with Crippen molar-refractivity contribution in [1.29, 1.82) is 0 Å². The molecule has 0 radical (unpaired) electrons. The van der Waals surface area contributed by atoms with Crippen LogP contribution in [0.5, 0.6) is 5.75 Å². The number of thioether (sulfide) groups is 1. The molecule has 1 saturated heterocycles. The van der Waals surface area contributed by atoms with Gasteiger partial charge in [0.25, 0.3) is 11.1 Å². The third-order valence-electron chi connectivity index (χ3n) is 5.09. The van der Waals surface area contributed by atoms with E-state index in [2.05, 4.69) is 5.32 Å². The Morgan fingerprint density at radius 3 is 2.59 bits per heavy atom. The van der Waals surface area contributed by atoms with Gasteiger partial charge in [0.15, 0.2) is 0 Å². The molecule has 6 nitrogen and oxygen atoms in total. The number of hydrogen-bond acceptors (Lipinski definition) is 5. The summed E-state index contributed by atoms with van der Waals surface area (Å²) >= 11 is 6.79. The molecule has 0 saturated carbocycles. The second kappa shape index (κ2) is 10.6. The van der Waals surface area contributed by atoms with Gasteiger partial charge in [0.2, 0.25) is 5.91 Å². The average Bonchev–Trinajstić information content (AvgIpc) is 3.09. The monoisotopic (exact) mass is 492 g/mol. The topological polar surface area (TPSA) is 75.7 Å². The van der Waals surface area contributed by atoms with Crippen LogP contribution in [0.1, 0.15) is 16.7 Å². The van der Waals surface area contributed by atoms with Gasteiger partial charge in [-0.05, 0) is 54.1 Å². The maximum absolute atomic E-state index is 12.9. The van der Waals surface area contributed by atoms with Crippen LogP contribution < -0.4 is 10.1 Å². The Labute approximate surface area is 206 Å². The standard InChI is InChI=1S/C26H21ClN2O4S/c1-17-11-12-20(27)14-21(17)28-24(30)15-29-25(31)23(34-26(29)32)13-19-9-5-6-10-22(19)33-16-18-7-3-2-4-8-18/h2-14H,15-16H2,1H3,(H,28,30)/b23-13+. The number of imide groups is 1. The lowest BCUT2D eigenvalue weighted by Gasteiger charge is -2.14. The van der Waals surface area contributed by atoms with Gasteiger partial charge in [-0.2, -0.15) is 0 Å². The van der Waals surface area contributed by atoms with Gasteiger partial charge >= 0.3 is 0 Å². The number of halogens is 1. The van der Waals surface area contributed by atoms with Crippen LogP contribution in [0, 0.1) is 6.92 Å². The predicted molar refractivity (Wildman–Crippen MR) is 135 cm³/mol. The summed E-state index contributed by atoms with van der Waals surface area (Å²) in [6.07, 6.45) is 1.62. The van der Waals surface area contributed by atoms with Crippen molar-refractivity contribution in [3.05, 3.63) is 99.4 Å². The lowest BCUT2D eigenvalue weighted by atomic mass is 10.1. The van der Waals surface area contributed by atoms with Crippen LogP contribution >= 0.6 is 23.4 Å². The Morgan fingerprint density at radius 2 is 1.79 bits per heavy atom. The lowest BCUT2D eigenvalue weighted by molar-refractivity contribution is -0.127. The number of hydrogen-bond donors (Lipinski definition) is 1. The number of carbonyl (C=O) groups is 3. The average molecular weight is 493 g/mol. The summed E-state index contributed by atoms with van der Waals surface area (Å²) in [6.45, 7) is 1.81. The molecule has 34 heavy (non-hydrogen) atoms. The first-order valence-electron chi connectivity index (χ1n) is 10.5. The molecule has 3 aromatic carbocycles. The largest absolute Gasteiger partial charge is 0.488 e. The molecule has 0 aromatic heterocycles. The number of amides is 3. The number of nitrogens with zero attached hydrogens (tertiary/aromatic N) is 1. The minimum Gasteiger partial charge on any atom is -0.488 e. The van der Waals surface area contributed by atoms with Crippen molar-refractivity contribution in [2.45, 2.75) is 13.5 Å². The van der Waals surface area contributed by atoms with Gasteiger partial charge in [0.05, 0.1) is 4.91 Å². The van der Waals surface area contributed by atoms with E-state index in [-0.39, 0.29) is 11.4 Å². The zero-order valence-electron chi connectivity index (χ0n) is 18.3. The summed E-state index contributed by atoms with van der Waals surface area (Å²) in [5.41, 5.74) is 3.03. The smallest absolute Gasteiger partial charge is 0.294 e. The van der Waals surface area contributed by atoms with Crippen molar-refractivity contribution in [2.75, 3.05) is 11.9 Å². The number of aryl methyl sites for hydroxylation is 1. The molecule has 1 N–H and O–H groups in total. The molecule has 4 rings (SSSR count). The molecule has 3 amide bonds. The highest BCUT2D eigenvalue weighted by atomic mass is 35.5. The van der Waals surface area contributed by atoms with E-state index in [1.807, 2.05) is 55.5 Å². The first kappa shape index (κ1) is 23.6. The van der Waals surface area contributed by atoms with Gasteiger partial charge in [-0.1, -0.05) is 66.2 Å². The number of rotatable bonds is 7. The predicted octanol–water partition coefficient (Wildman–Crippen LogP) is 5.90. The van der Waals surface area contributed by atoms with E-state index in [1.54, 1.807) is 30.3 Å². The summed E-state index contributed by atoms with van der Waals surface area (Å²) in [7, 11) is 0. The van der Waals surface area contributed by atoms with Gasteiger partial charge < -0.3 is 10.1 Å². The Balaban J connectivity index is 1.46. The number of para-hydroxylation sites is 1. The number of nitrogens with one attached hydrogen (secondary N) is 1. The van der Waals surface area contributed by atoms with Crippen LogP contribution in [0.3, 0.4) is 0 Å². The first-order chi connectivity index (χ1) is 16.4. The van der Waals surface area contributed by atoms with Gasteiger partial charge in [0, 0.05) is 16.3 Å². The Morgan fingerprint density at radius 1 is 1.06 bits per heavy atom. The summed E-state index contributed by atoms with van der Waals surface area (Å²) in [5.74, 6) is -0.418. The fourth-order valence-electron chi connectivity index (χ4n) is 3.31. The van der Waals surface area contributed by atoms with E-state index in [4.69, 9.17) is 16.3 Å². The molecule has 172 valence electrons. The molecule has 1 aliphatic rings. The maximum atomic E-state index is 12.9. The van der Waals surface area contributed by atoms with E-state index < -0.39 is 17.1 Å². The molecular formula is C26H21ClN2O4S. The van der Waals surface area contributed by atoms with Crippen molar-refractivity contribution in [2.24, 2.45) is 0 Å². The third-order valence-corrected chi connectivity index (χ3v) is 6.23. The SMILES string of the molecule is Cc1ccc(Cl)cc1NC(=O)CN1C(=O)S/C(=C/c2ccccc2OCc2ccccc2)C1=O. The summed E-state index contributed by atoms with van der Waals surface area (Å²) < 4.78 is 5.94. The molecule has 3 aromatic rings.